The second kappa shape index (κ2) is 6.84. The number of aromatic nitrogens is 4. The quantitative estimate of drug-likeness (QED) is 0.670. The van der Waals surface area contributed by atoms with Crippen molar-refractivity contribution in [2.24, 2.45) is 5.92 Å². The summed E-state index contributed by atoms with van der Waals surface area (Å²) in [5.74, 6) is -1.61. The van der Waals surface area contributed by atoms with E-state index in [0.717, 1.165) is 11.1 Å². The highest BCUT2D eigenvalue weighted by atomic mass is 32.2. The number of carboxylic acids is 1. The fourth-order valence-corrected chi connectivity index (χ4v) is 4.00. The first-order valence-electron chi connectivity index (χ1n) is 7.41. The molecule has 3 aromatic rings. The van der Waals surface area contributed by atoms with Crippen molar-refractivity contribution in [2.75, 3.05) is 0 Å². The standard InChI is InChI=1S/C17H16N4O2S/c1-12(15(22)23)17(13-8-4-2-5-9-13,14-10-6-3-7-11-14)24-16-18-20-21-19-16/h2-12H,1H3,(H,22,23)(H,18,19,20,21). The van der Waals surface area contributed by atoms with E-state index in [1.165, 1.54) is 11.8 Å². The number of hydrogen-bond donors (Lipinski definition) is 2. The van der Waals surface area contributed by atoms with Gasteiger partial charge < -0.3 is 5.11 Å². The number of nitrogens with one attached hydrogen (secondary N) is 1. The van der Waals surface area contributed by atoms with Crippen molar-refractivity contribution < 1.29 is 9.90 Å². The van der Waals surface area contributed by atoms with E-state index in [2.05, 4.69) is 20.6 Å². The molecule has 1 aromatic heterocycles. The molecule has 24 heavy (non-hydrogen) atoms. The molecule has 0 fully saturated rings. The van der Waals surface area contributed by atoms with Gasteiger partial charge in [0.2, 0.25) is 5.16 Å². The van der Waals surface area contributed by atoms with Gasteiger partial charge in [0, 0.05) is 0 Å². The molecule has 0 radical (unpaired) electrons. The predicted molar refractivity (Wildman–Crippen MR) is 90.5 cm³/mol. The minimum Gasteiger partial charge on any atom is -0.481 e. The summed E-state index contributed by atoms with van der Waals surface area (Å²) in [5, 5.41) is 24.2. The van der Waals surface area contributed by atoms with Gasteiger partial charge in [-0.15, -0.1) is 10.2 Å². The topological polar surface area (TPSA) is 91.8 Å². The molecule has 6 nitrogen and oxygen atoms in total. The highest BCUT2D eigenvalue weighted by Gasteiger charge is 2.45. The Morgan fingerprint density at radius 1 is 1.08 bits per heavy atom. The number of rotatable bonds is 6. The van der Waals surface area contributed by atoms with Gasteiger partial charge >= 0.3 is 5.97 Å². The van der Waals surface area contributed by atoms with E-state index in [-0.39, 0.29) is 0 Å². The molecule has 0 bridgehead atoms. The molecule has 1 unspecified atom stereocenters. The Morgan fingerprint density at radius 2 is 1.62 bits per heavy atom. The predicted octanol–water partition coefficient (Wildman–Crippen LogP) is 2.96. The number of H-pyrrole nitrogens is 1. The summed E-state index contributed by atoms with van der Waals surface area (Å²) in [6.07, 6.45) is 0. The number of aromatic amines is 1. The van der Waals surface area contributed by atoms with Gasteiger partial charge in [0.25, 0.3) is 0 Å². The maximum Gasteiger partial charge on any atom is 0.308 e. The van der Waals surface area contributed by atoms with Crippen LogP contribution in [0.3, 0.4) is 0 Å². The largest absolute Gasteiger partial charge is 0.481 e. The molecule has 2 aromatic carbocycles. The molecule has 0 aliphatic heterocycles. The molecule has 3 rings (SSSR count). The van der Waals surface area contributed by atoms with Gasteiger partial charge in [0.1, 0.15) is 0 Å². The average Bonchev–Trinajstić information content (AvgIpc) is 3.13. The Hall–Kier alpha value is -2.67. The monoisotopic (exact) mass is 340 g/mol. The number of benzene rings is 2. The Kier molecular flexibility index (Phi) is 4.61. The number of carbonyl (C=O) groups is 1. The average molecular weight is 340 g/mol. The molecular weight excluding hydrogens is 324 g/mol. The maximum absolute atomic E-state index is 11.9. The van der Waals surface area contributed by atoms with Crippen molar-refractivity contribution in [3.8, 4) is 0 Å². The van der Waals surface area contributed by atoms with Gasteiger partial charge in [-0.2, -0.15) is 5.21 Å². The summed E-state index contributed by atoms with van der Waals surface area (Å²) >= 11 is 1.29. The molecule has 0 spiro atoms. The fraction of sp³-hybridized carbons (Fsp3) is 0.176. The lowest BCUT2D eigenvalue weighted by Crippen LogP contribution is -2.36. The van der Waals surface area contributed by atoms with Crippen molar-refractivity contribution in [1.29, 1.82) is 0 Å². The summed E-state index contributed by atoms with van der Waals surface area (Å²) in [6.45, 7) is 1.70. The molecule has 1 atom stereocenters. The van der Waals surface area contributed by atoms with Gasteiger partial charge in [-0.25, -0.2) is 0 Å². The Balaban J connectivity index is 2.25. The zero-order valence-corrected chi connectivity index (χ0v) is 13.8. The number of thioether (sulfide) groups is 1. The SMILES string of the molecule is CC(C(=O)O)C(Sc1nn[nH]n1)(c1ccccc1)c1ccccc1. The smallest absolute Gasteiger partial charge is 0.308 e. The van der Waals surface area contributed by atoms with Crippen LogP contribution in [0.1, 0.15) is 18.1 Å². The van der Waals surface area contributed by atoms with E-state index in [1.807, 2.05) is 60.7 Å². The summed E-state index contributed by atoms with van der Waals surface area (Å²) in [4.78, 5) is 11.9. The zero-order valence-electron chi connectivity index (χ0n) is 13.0. The van der Waals surface area contributed by atoms with Crippen molar-refractivity contribution >= 4 is 17.7 Å². The summed E-state index contributed by atoms with van der Waals surface area (Å²) < 4.78 is -0.877. The van der Waals surface area contributed by atoms with E-state index in [1.54, 1.807) is 6.92 Å². The van der Waals surface area contributed by atoms with Crippen molar-refractivity contribution in [3.05, 3.63) is 71.8 Å². The Bertz CT molecular complexity index is 754. The summed E-state index contributed by atoms with van der Waals surface area (Å²) in [7, 11) is 0. The normalized spacial score (nSPS) is 12.7. The van der Waals surface area contributed by atoms with E-state index >= 15 is 0 Å². The van der Waals surface area contributed by atoms with E-state index < -0.39 is 16.6 Å². The minimum absolute atomic E-state index is 0.399. The Morgan fingerprint density at radius 3 is 2.04 bits per heavy atom. The highest BCUT2D eigenvalue weighted by Crippen LogP contribution is 2.50. The second-order valence-corrected chi connectivity index (χ2v) is 6.54. The number of tetrazole rings is 1. The third kappa shape index (κ3) is 2.90. The second-order valence-electron chi connectivity index (χ2n) is 5.32. The number of hydrogen-bond acceptors (Lipinski definition) is 5. The van der Waals surface area contributed by atoms with Crippen molar-refractivity contribution in [2.45, 2.75) is 16.8 Å². The summed E-state index contributed by atoms with van der Waals surface area (Å²) in [6, 6.07) is 19.1. The summed E-state index contributed by atoms with van der Waals surface area (Å²) in [5.41, 5.74) is 1.75. The van der Waals surface area contributed by atoms with Crippen LogP contribution in [0.2, 0.25) is 0 Å². The molecule has 0 aliphatic rings. The van der Waals surface area contributed by atoms with E-state index in [9.17, 15) is 9.90 Å². The lowest BCUT2D eigenvalue weighted by Gasteiger charge is -2.36. The first kappa shape index (κ1) is 16.2. The van der Waals surface area contributed by atoms with Crippen LogP contribution >= 0.6 is 11.8 Å². The third-order valence-electron chi connectivity index (χ3n) is 3.96. The van der Waals surface area contributed by atoms with Gasteiger partial charge in [-0.1, -0.05) is 72.4 Å². The molecule has 2 N–H and O–H groups in total. The van der Waals surface area contributed by atoms with Crippen LogP contribution in [0, 0.1) is 5.92 Å². The molecule has 7 heteroatoms. The van der Waals surface area contributed by atoms with Gasteiger partial charge in [0.05, 0.1) is 10.7 Å². The molecule has 0 saturated carbocycles. The van der Waals surface area contributed by atoms with Crippen LogP contribution in [0.15, 0.2) is 65.8 Å². The Labute approximate surface area is 143 Å². The first-order chi connectivity index (χ1) is 11.6. The van der Waals surface area contributed by atoms with E-state index in [4.69, 9.17) is 0 Å². The molecule has 0 aliphatic carbocycles. The van der Waals surface area contributed by atoms with E-state index in [0.29, 0.717) is 5.16 Å². The van der Waals surface area contributed by atoms with Gasteiger partial charge in [-0.3, -0.25) is 4.79 Å². The lowest BCUT2D eigenvalue weighted by atomic mass is 9.80. The number of aliphatic carboxylic acids is 1. The van der Waals surface area contributed by atoms with Crippen LogP contribution in [0.5, 0.6) is 0 Å². The first-order valence-corrected chi connectivity index (χ1v) is 8.22. The zero-order chi connectivity index (χ0) is 17.0. The van der Waals surface area contributed by atoms with Gasteiger partial charge in [-0.05, 0) is 23.3 Å². The maximum atomic E-state index is 11.9. The third-order valence-corrected chi connectivity index (χ3v) is 5.47. The minimum atomic E-state index is -0.890. The molecular formula is C17H16N4O2S. The van der Waals surface area contributed by atoms with Crippen LogP contribution in [0.4, 0.5) is 0 Å². The molecule has 1 heterocycles. The highest BCUT2D eigenvalue weighted by molar-refractivity contribution is 8.00. The fourth-order valence-electron chi connectivity index (χ4n) is 2.76. The van der Waals surface area contributed by atoms with Crippen molar-refractivity contribution in [3.63, 3.8) is 0 Å². The number of nitrogens with zero attached hydrogens (tertiary/aromatic N) is 3. The molecule has 0 saturated heterocycles. The van der Waals surface area contributed by atoms with Crippen LogP contribution in [-0.4, -0.2) is 31.7 Å². The van der Waals surface area contributed by atoms with Crippen molar-refractivity contribution in [1.82, 2.24) is 20.6 Å². The van der Waals surface area contributed by atoms with Crippen LogP contribution in [0.25, 0.3) is 0 Å². The van der Waals surface area contributed by atoms with Crippen LogP contribution in [-0.2, 0) is 9.54 Å². The number of carboxylic acid groups (broad SMARTS) is 1. The molecule has 0 amide bonds. The lowest BCUT2D eigenvalue weighted by molar-refractivity contribution is -0.141. The van der Waals surface area contributed by atoms with Crippen LogP contribution < -0.4 is 0 Å². The van der Waals surface area contributed by atoms with Gasteiger partial charge in [0.15, 0.2) is 0 Å². The molecule has 122 valence electrons.